The zero-order chi connectivity index (χ0) is 14.7. The van der Waals surface area contributed by atoms with Crippen molar-refractivity contribution in [3.63, 3.8) is 0 Å². The fourth-order valence-corrected chi connectivity index (χ4v) is 2.42. The Morgan fingerprint density at radius 1 is 1.15 bits per heavy atom. The average Bonchev–Trinajstić information content (AvgIpc) is 2.38. The number of carboxylic acid groups (broad SMARTS) is 1. The zero-order valence-electron chi connectivity index (χ0n) is 12.0. The molecule has 2 aromatic rings. The number of carbonyl (C=O) groups is 1. The smallest absolute Gasteiger partial charge is 0.337 e. The van der Waals surface area contributed by atoms with Crippen molar-refractivity contribution in [1.29, 1.82) is 0 Å². The third-order valence-electron chi connectivity index (χ3n) is 3.42. The summed E-state index contributed by atoms with van der Waals surface area (Å²) in [5, 5.41) is 12.5. The van der Waals surface area contributed by atoms with E-state index < -0.39 is 5.97 Å². The van der Waals surface area contributed by atoms with Gasteiger partial charge in [-0.15, -0.1) is 0 Å². The molecule has 2 N–H and O–H groups in total. The van der Waals surface area contributed by atoms with Crippen LogP contribution in [0.1, 0.15) is 40.0 Å². The van der Waals surface area contributed by atoms with Gasteiger partial charge in [0.2, 0.25) is 0 Å². The summed E-state index contributed by atoms with van der Waals surface area (Å²) in [4.78, 5) is 11.2. The highest BCUT2D eigenvalue weighted by Gasteiger charge is 2.13. The summed E-state index contributed by atoms with van der Waals surface area (Å²) in [5.74, 6) is -0.916. The molecule has 3 nitrogen and oxygen atoms in total. The standard InChI is InChI=1S/C17H19NO2/c1-11-8-9-14(12(2)10-11)13(3)18-16-7-5-4-6-15(16)17(19)20/h4-10,13,18H,1-3H3,(H,19,20). The van der Waals surface area contributed by atoms with E-state index in [0.717, 1.165) is 0 Å². The van der Waals surface area contributed by atoms with E-state index in [2.05, 4.69) is 37.4 Å². The number of para-hydroxylation sites is 1. The molecule has 0 aromatic heterocycles. The van der Waals surface area contributed by atoms with Crippen LogP contribution in [-0.4, -0.2) is 11.1 Å². The molecular formula is C17H19NO2. The van der Waals surface area contributed by atoms with E-state index >= 15 is 0 Å². The van der Waals surface area contributed by atoms with E-state index in [1.807, 2.05) is 13.0 Å². The van der Waals surface area contributed by atoms with Crippen LogP contribution >= 0.6 is 0 Å². The predicted molar refractivity (Wildman–Crippen MR) is 81.4 cm³/mol. The van der Waals surface area contributed by atoms with Gasteiger partial charge in [-0.05, 0) is 44.0 Å². The summed E-state index contributed by atoms with van der Waals surface area (Å²) in [6.45, 7) is 6.18. The summed E-state index contributed by atoms with van der Waals surface area (Å²) in [7, 11) is 0. The number of anilines is 1. The Hall–Kier alpha value is -2.29. The molecule has 0 heterocycles. The van der Waals surface area contributed by atoms with E-state index in [0.29, 0.717) is 11.3 Å². The monoisotopic (exact) mass is 269 g/mol. The Morgan fingerprint density at radius 3 is 2.50 bits per heavy atom. The summed E-state index contributed by atoms with van der Waals surface area (Å²) in [6, 6.07) is 13.3. The molecule has 20 heavy (non-hydrogen) atoms. The van der Waals surface area contributed by atoms with Gasteiger partial charge in [0.1, 0.15) is 0 Å². The van der Waals surface area contributed by atoms with Gasteiger partial charge in [-0.3, -0.25) is 0 Å². The molecular weight excluding hydrogens is 250 g/mol. The van der Waals surface area contributed by atoms with Crippen LogP contribution in [0, 0.1) is 13.8 Å². The minimum absolute atomic E-state index is 0.0519. The van der Waals surface area contributed by atoms with Crippen LogP contribution in [-0.2, 0) is 0 Å². The highest BCUT2D eigenvalue weighted by molar-refractivity contribution is 5.94. The van der Waals surface area contributed by atoms with Crippen LogP contribution in [0.25, 0.3) is 0 Å². The molecule has 2 aromatic carbocycles. The van der Waals surface area contributed by atoms with Gasteiger partial charge < -0.3 is 10.4 Å². The van der Waals surface area contributed by atoms with Crippen LogP contribution in [0.4, 0.5) is 5.69 Å². The number of nitrogens with one attached hydrogen (secondary N) is 1. The van der Waals surface area contributed by atoms with Crippen LogP contribution in [0.5, 0.6) is 0 Å². The van der Waals surface area contributed by atoms with Gasteiger partial charge in [0, 0.05) is 11.7 Å². The molecule has 0 fully saturated rings. The zero-order valence-corrected chi connectivity index (χ0v) is 12.0. The van der Waals surface area contributed by atoms with E-state index in [1.165, 1.54) is 16.7 Å². The molecule has 2 rings (SSSR count). The molecule has 0 saturated carbocycles. The molecule has 104 valence electrons. The molecule has 0 saturated heterocycles. The normalized spacial score (nSPS) is 11.9. The number of carboxylic acids is 1. The lowest BCUT2D eigenvalue weighted by atomic mass is 10.00. The van der Waals surface area contributed by atoms with Crippen molar-refractivity contribution in [3.05, 3.63) is 64.7 Å². The largest absolute Gasteiger partial charge is 0.478 e. The first-order chi connectivity index (χ1) is 9.49. The van der Waals surface area contributed by atoms with Crippen LogP contribution in [0.3, 0.4) is 0 Å². The summed E-state index contributed by atoms with van der Waals surface area (Å²) >= 11 is 0. The molecule has 0 aliphatic carbocycles. The van der Waals surface area contributed by atoms with Crippen LogP contribution in [0.15, 0.2) is 42.5 Å². The maximum atomic E-state index is 11.2. The Morgan fingerprint density at radius 2 is 1.85 bits per heavy atom. The Labute approximate surface area is 119 Å². The minimum Gasteiger partial charge on any atom is -0.478 e. The first-order valence-electron chi connectivity index (χ1n) is 6.65. The van der Waals surface area contributed by atoms with Gasteiger partial charge in [0.05, 0.1) is 5.56 Å². The van der Waals surface area contributed by atoms with Crippen molar-refractivity contribution in [1.82, 2.24) is 0 Å². The van der Waals surface area contributed by atoms with Gasteiger partial charge in [-0.2, -0.15) is 0 Å². The first-order valence-corrected chi connectivity index (χ1v) is 6.65. The quantitative estimate of drug-likeness (QED) is 0.875. The summed E-state index contributed by atoms with van der Waals surface area (Å²) in [5.41, 5.74) is 4.55. The molecule has 3 heteroatoms. The maximum Gasteiger partial charge on any atom is 0.337 e. The third-order valence-corrected chi connectivity index (χ3v) is 3.42. The summed E-state index contributed by atoms with van der Waals surface area (Å²) < 4.78 is 0. The lowest BCUT2D eigenvalue weighted by Crippen LogP contribution is -2.11. The van der Waals surface area contributed by atoms with Crippen LogP contribution in [0.2, 0.25) is 0 Å². The fraction of sp³-hybridized carbons (Fsp3) is 0.235. The number of hydrogen-bond acceptors (Lipinski definition) is 2. The van der Waals surface area contributed by atoms with Crippen LogP contribution < -0.4 is 5.32 Å². The van der Waals surface area contributed by atoms with Gasteiger partial charge in [0.25, 0.3) is 0 Å². The lowest BCUT2D eigenvalue weighted by molar-refractivity contribution is 0.0698. The maximum absolute atomic E-state index is 11.2. The van der Waals surface area contributed by atoms with Crippen molar-refractivity contribution in [2.24, 2.45) is 0 Å². The van der Waals surface area contributed by atoms with Crippen molar-refractivity contribution >= 4 is 11.7 Å². The molecule has 1 atom stereocenters. The lowest BCUT2D eigenvalue weighted by Gasteiger charge is -2.19. The second-order valence-corrected chi connectivity index (χ2v) is 5.08. The number of aromatic carboxylic acids is 1. The summed E-state index contributed by atoms with van der Waals surface area (Å²) in [6.07, 6.45) is 0. The fourth-order valence-electron chi connectivity index (χ4n) is 2.42. The number of hydrogen-bond donors (Lipinski definition) is 2. The van der Waals surface area contributed by atoms with E-state index in [1.54, 1.807) is 18.2 Å². The number of benzene rings is 2. The molecule has 0 bridgehead atoms. The third kappa shape index (κ3) is 2.99. The second-order valence-electron chi connectivity index (χ2n) is 5.08. The SMILES string of the molecule is Cc1ccc(C(C)Nc2ccccc2C(=O)O)c(C)c1. The molecule has 0 aliphatic rings. The van der Waals surface area contributed by atoms with E-state index in [9.17, 15) is 9.90 Å². The van der Waals surface area contributed by atoms with Crippen molar-refractivity contribution in [2.75, 3.05) is 5.32 Å². The highest BCUT2D eigenvalue weighted by atomic mass is 16.4. The van der Waals surface area contributed by atoms with Gasteiger partial charge in [-0.1, -0.05) is 35.9 Å². The van der Waals surface area contributed by atoms with E-state index in [-0.39, 0.29) is 6.04 Å². The topological polar surface area (TPSA) is 49.3 Å². The van der Waals surface area contributed by atoms with Crippen molar-refractivity contribution in [2.45, 2.75) is 26.8 Å². The van der Waals surface area contributed by atoms with Crippen molar-refractivity contribution < 1.29 is 9.90 Å². The second kappa shape index (κ2) is 5.78. The predicted octanol–water partition coefficient (Wildman–Crippen LogP) is 4.17. The molecule has 0 aliphatic heterocycles. The van der Waals surface area contributed by atoms with Gasteiger partial charge >= 0.3 is 5.97 Å². The highest BCUT2D eigenvalue weighted by Crippen LogP contribution is 2.25. The molecule has 1 unspecified atom stereocenters. The molecule has 0 radical (unpaired) electrons. The number of rotatable bonds is 4. The average molecular weight is 269 g/mol. The minimum atomic E-state index is -0.916. The molecule has 0 amide bonds. The van der Waals surface area contributed by atoms with Gasteiger partial charge in [-0.25, -0.2) is 4.79 Å². The number of aryl methyl sites for hydroxylation is 2. The Balaban J connectivity index is 2.28. The Kier molecular flexibility index (Phi) is 4.08. The first kappa shape index (κ1) is 14.1. The Bertz CT molecular complexity index is 635. The molecule has 0 spiro atoms. The van der Waals surface area contributed by atoms with Gasteiger partial charge in [0.15, 0.2) is 0 Å². The van der Waals surface area contributed by atoms with E-state index in [4.69, 9.17) is 0 Å². The van der Waals surface area contributed by atoms with Crippen molar-refractivity contribution in [3.8, 4) is 0 Å².